The van der Waals surface area contributed by atoms with Gasteiger partial charge in [0, 0.05) is 32.7 Å². The minimum absolute atomic E-state index is 0.184. The Morgan fingerprint density at radius 1 is 0.574 bits per heavy atom. The molecule has 9 aromatic rings. The molecule has 0 saturated carbocycles. The minimum atomic E-state index is -0.184. The lowest BCUT2D eigenvalue weighted by atomic mass is 9.81. The number of aromatic nitrogens is 3. The van der Waals surface area contributed by atoms with Gasteiger partial charge in [0.25, 0.3) is 0 Å². The number of hydrogen-bond donors (Lipinski definition) is 0. The largest absolute Gasteiger partial charge is 0.438 e. The molecule has 10 rings (SSSR count). The van der Waals surface area contributed by atoms with E-state index in [1.165, 1.54) is 38.5 Å². The van der Waals surface area contributed by atoms with Crippen LogP contribution in [0.15, 0.2) is 144 Å². The summed E-state index contributed by atoms with van der Waals surface area (Å²) in [4.78, 5) is 10.5. The minimum Gasteiger partial charge on any atom is -0.438 e. The summed E-state index contributed by atoms with van der Waals surface area (Å²) in [5.41, 5.74) is 12.8. The van der Waals surface area contributed by atoms with Gasteiger partial charge in [0.1, 0.15) is 5.58 Å². The summed E-state index contributed by atoms with van der Waals surface area (Å²) >= 11 is 0. The highest BCUT2D eigenvalue weighted by Crippen LogP contribution is 2.53. The van der Waals surface area contributed by atoms with Crippen LogP contribution < -0.4 is 0 Å². The quantitative estimate of drug-likeness (QED) is 0.202. The number of furan rings is 1. The standard InChI is InChI=1S/C43H29N3O/c1-43(2)33-20-10-6-16-27(33)29-24-25-30-28-17-7-11-21-34(28)46(40(30)38(29)43)35-22-12-8-18-31(35)41-44-39(26-14-4-3-5-15-26)37-32-19-9-13-23-36(32)47-42(37)45-41/h3-25H,1-2H3. The third-order valence-electron chi connectivity index (χ3n) is 10.0. The summed E-state index contributed by atoms with van der Waals surface area (Å²) in [5.74, 6) is 0.632. The van der Waals surface area contributed by atoms with E-state index in [0.717, 1.165) is 44.4 Å². The Kier molecular flexibility index (Phi) is 5.31. The van der Waals surface area contributed by atoms with Crippen LogP contribution in [-0.2, 0) is 5.41 Å². The van der Waals surface area contributed by atoms with Crippen molar-refractivity contribution < 1.29 is 4.42 Å². The van der Waals surface area contributed by atoms with Gasteiger partial charge in [-0.3, -0.25) is 0 Å². The molecule has 0 atom stereocenters. The first kappa shape index (κ1) is 26.2. The summed E-state index contributed by atoms with van der Waals surface area (Å²) in [6.07, 6.45) is 0. The van der Waals surface area contributed by atoms with E-state index in [0.29, 0.717) is 11.5 Å². The Labute approximate surface area is 271 Å². The van der Waals surface area contributed by atoms with Gasteiger partial charge >= 0.3 is 0 Å². The Bertz CT molecular complexity index is 2710. The van der Waals surface area contributed by atoms with Crippen LogP contribution in [-0.4, -0.2) is 14.5 Å². The van der Waals surface area contributed by atoms with E-state index < -0.39 is 0 Å². The van der Waals surface area contributed by atoms with Gasteiger partial charge in [-0.1, -0.05) is 129 Å². The van der Waals surface area contributed by atoms with Crippen molar-refractivity contribution in [3.05, 3.63) is 151 Å². The molecule has 0 fully saturated rings. The molecule has 1 aliphatic carbocycles. The molecule has 0 spiro atoms. The maximum Gasteiger partial charge on any atom is 0.231 e. The molecule has 1 aliphatic rings. The van der Waals surface area contributed by atoms with Crippen molar-refractivity contribution in [3.8, 4) is 39.5 Å². The van der Waals surface area contributed by atoms with E-state index in [1.807, 2.05) is 24.3 Å². The van der Waals surface area contributed by atoms with Gasteiger partial charge in [-0.15, -0.1) is 0 Å². The molecular weight excluding hydrogens is 574 g/mol. The number of rotatable bonds is 3. The van der Waals surface area contributed by atoms with Crippen LogP contribution in [0.25, 0.3) is 83.3 Å². The van der Waals surface area contributed by atoms with Gasteiger partial charge in [0.05, 0.1) is 27.8 Å². The average molecular weight is 604 g/mol. The zero-order valence-corrected chi connectivity index (χ0v) is 26.0. The fourth-order valence-electron chi connectivity index (χ4n) is 7.97. The van der Waals surface area contributed by atoms with Gasteiger partial charge in [-0.2, -0.15) is 4.98 Å². The zero-order chi connectivity index (χ0) is 31.3. The van der Waals surface area contributed by atoms with Gasteiger partial charge < -0.3 is 8.98 Å². The first-order chi connectivity index (χ1) is 23.1. The Hall–Kier alpha value is -6.00. The summed E-state index contributed by atoms with van der Waals surface area (Å²) in [7, 11) is 0. The van der Waals surface area contributed by atoms with Gasteiger partial charge in [0.2, 0.25) is 5.71 Å². The molecule has 47 heavy (non-hydrogen) atoms. The molecule has 4 nitrogen and oxygen atoms in total. The Balaban J connectivity index is 1.32. The second-order valence-corrected chi connectivity index (χ2v) is 13.0. The highest BCUT2D eigenvalue weighted by Gasteiger charge is 2.38. The van der Waals surface area contributed by atoms with E-state index in [9.17, 15) is 0 Å². The lowest BCUT2D eigenvalue weighted by Crippen LogP contribution is -2.16. The molecule has 0 saturated heterocycles. The lowest BCUT2D eigenvalue weighted by molar-refractivity contribution is 0.653. The maximum absolute atomic E-state index is 6.41. The SMILES string of the molecule is CC1(C)c2ccccc2-c2ccc3c4ccccc4n(-c4ccccc4-c4nc(-c5ccccc5)c5c(n4)oc4ccccc45)c3c21. The van der Waals surface area contributed by atoms with Gasteiger partial charge in [0.15, 0.2) is 5.82 Å². The summed E-state index contributed by atoms with van der Waals surface area (Å²) < 4.78 is 8.86. The van der Waals surface area contributed by atoms with E-state index in [1.54, 1.807) is 0 Å². The van der Waals surface area contributed by atoms with Crippen LogP contribution in [0.3, 0.4) is 0 Å². The van der Waals surface area contributed by atoms with Crippen molar-refractivity contribution >= 4 is 43.9 Å². The van der Waals surface area contributed by atoms with E-state index in [2.05, 4.69) is 134 Å². The van der Waals surface area contributed by atoms with Crippen LogP contribution in [0.5, 0.6) is 0 Å². The Morgan fingerprint density at radius 2 is 1.28 bits per heavy atom. The van der Waals surface area contributed by atoms with E-state index in [4.69, 9.17) is 14.4 Å². The molecule has 0 amide bonds. The number of fused-ring (bicyclic) bond motifs is 10. The van der Waals surface area contributed by atoms with Crippen molar-refractivity contribution in [1.82, 2.24) is 14.5 Å². The molecule has 0 radical (unpaired) electrons. The highest BCUT2D eigenvalue weighted by molar-refractivity contribution is 6.14. The third-order valence-corrected chi connectivity index (χ3v) is 10.0. The zero-order valence-electron chi connectivity index (χ0n) is 26.0. The number of benzene rings is 6. The first-order valence-corrected chi connectivity index (χ1v) is 16.1. The van der Waals surface area contributed by atoms with E-state index in [-0.39, 0.29) is 5.41 Å². The van der Waals surface area contributed by atoms with Gasteiger partial charge in [-0.05, 0) is 46.5 Å². The number of nitrogens with zero attached hydrogens (tertiary/aromatic N) is 3. The smallest absolute Gasteiger partial charge is 0.231 e. The summed E-state index contributed by atoms with van der Waals surface area (Å²) in [6.45, 7) is 4.71. The number of para-hydroxylation sites is 3. The van der Waals surface area contributed by atoms with Crippen LogP contribution in [0.4, 0.5) is 0 Å². The molecule has 6 aromatic carbocycles. The first-order valence-electron chi connectivity index (χ1n) is 16.1. The molecule has 3 heterocycles. The molecule has 0 aliphatic heterocycles. The maximum atomic E-state index is 6.41. The second kappa shape index (κ2) is 9.51. The normalized spacial score (nSPS) is 13.5. The van der Waals surface area contributed by atoms with Crippen LogP contribution in [0.1, 0.15) is 25.0 Å². The fourth-order valence-corrected chi connectivity index (χ4v) is 7.97. The fraction of sp³-hybridized carbons (Fsp3) is 0.0698. The third kappa shape index (κ3) is 3.58. The van der Waals surface area contributed by atoms with Crippen LogP contribution in [0.2, 0.25) is 0 Å². The molecule has 4 heteroatoms. The van der Waals surface area contributed by atoms with Crippen LogP contribution >= 0.6 is 0 Å². The average Bonchev–Trinajstić information content (AvgIpc) is 3.74. The van der Waals surface area contributed by atoms with Crippen molar-refractivity contribution in [2.45, 2.75) is 19.3 Å². The molecule has 3 aromatic heterocycles. The monoisotopic (exact) mass is 603 g/mol. The topological polar surface area (TPSA) is 43.9 Å². The summed E-state index contributed by atoms with van der Waals surface area (Å²) in [6, 6.07) is 49.2. The molecular formula is C43H29N3O. The van der Waals surface area contributed by atoms with Crippen molar-refractivity contribution in [2.75, 3.05) is 0 Å². The highest BCUT2D eigenvalue weighted by atomic mass is 16.3. The molecule has 222 valence electrons. The van der Waals surface area contributed by atoms with E-state index >= 15 is 0 Å². The number of hydrogen-bond acceptors (Lipinski definition) is 3. The lowest BCUT2D eigenvalue weighted by Gasteiger charge is -2.24. The van der Waals surface area contributed by atoms with Crippen molar-refractivity contribution in [3.63, 3.8) is 0 Å². The molecule has 0 unspecified atom stereocenters. The second-order valence-electron chi connectivity index (χ2n) is 13.0. The predicted octanol–water partition coefficient (Wildman–Crippen LogP) is 11.1. The van der Waals surface area contributed by atoms with Gasteiger partial charge in [-0.25, -0.2) is 4.98 Å². The Morgan fingerprint density at radius 3 is 2.15 bits per heavy atom. The molecule has 0 N–H and O–H groups in total. The summed E-state index contributed by atoms with van der Waals surface area (Å²) in [5, 5.41) is 4.42. The predicted molar refractivity (Wildman–Crippen MR) is 192 cm³/mol. The van der Waals surface area contributed by atoms with Crippen molar-refractivity contribution in [2.24, 2.45) is 0 Å². The van der Waals surface area contributed by atoms with Crippen LogP contribution in [0, 0.1) is 0 Å². The van der Waals surface area contributed by atoms with Crippen molar-refractivity contribution in [1.29, 1.82) is 0 Å². The molecule has 0 bridgehead atoms.